The molecule has 0 aliphatic rings. The lowest BCUT2D eigenvalue weighted by Gasteiger charge is -2.15. The van der Waals surface area contributed by atoms with Crippen molar-refractivity contribution in [2.45, 2.75) is 19.5 Å². The smallest absolute Gasteiger partial charge is 0.128 e. The Hall–Kier alpha value is -1.03. The van der Waals surface area contributed by atoms with Crippen LogP contribution in [0.1, 0.15) is 24.4 Å². The molecule has 3 nitrogen and oxygen atoms in total. The van der Waals surface area contributed by atoms with E-state index in [0.717, 1.165) is 16.4 Å². The van der Waals surface area contributed by atoms with Crippen LogP contribution in [-0.4, -0.2) is 9.55 Å². The molecule has 0 spiro atoms. The van der Waals surface area contributed by atoms with Gasteiger partial charge in [-0.25, -0.2) is 4.98 Å². The third-order valence-corrected chi connectivity index (χ3v) is 3.66. The molecule has 96 valence electrons. The predicted octanol–water partition coefficient (Wildman–Crippen LogP) is 3.58. The minimum Gasteiger partial charge on any atom is -0.321 e. The first kappa shape index (κ1) is 13.4. The zero-order valence-corrected chi connectivity index (χ0v) is 11.8. The van der Waals surface area contributed by atoms with Gasteiger partial charge in [-0.15, -0.1) is 0 Å². The molecule has 2 rings (SSSR count). The van der Waals surface area contributed by atoms with Crippen LogP contribution in [0.2, 0.25) is 10.2 Å². The maximum Gasteiger partial charge on any atom is 0.128 e. The summed E-state index contributed by atoms with van der Waals surface area (Å²) in [5.74, 6) is 0.902. The number of benzene rings is 1. The average Bonchev–Trinajstić information content (AvgIpc) is 2.68. The van der Waals surface area contributed by atoms with Crippen molar-refractivity contribution in [1.82, 2.24) is 14.9 Å². The monoisotopic (exact) mass is 283 g/mol. The molecule has 0 radical (unpaired) electrons. The van der Waals surface area contributed by atoms with E-state index in [1.165, 1.54) is 0 Å². The van der Waals surface area contributed by atoms with Gasteiger partial charge in [0.25, 0.3) is 0 Å². The number of aromatic nitrogens is 2. The zero-order chi connectivity index (χ0) is 13.1. The molecule has 0 aliphatic carbocycles. The fraction of sp³-hybridized carbons (Fsp3) is 0.308. The summed E-state index contributed by atoms with van der Waals surface area (Å²) < 4.78 is 1.86. The van der Waals surface area contributed by atoms with Crippen molar-refractivity contribution in [2.24, 2.45) is 7.05 Å². The topological polar surface area (TPSA) is 29.9 Å². The standard InChI is InChI=1S/C13H15Cl2N3/c1-9(10-5-3-4-6-11(10)14)16-8-13-17-7-12(15)18(13)2/h3-7,9,16H,8H2,1-2H3/t9-/m0/s1. The van der Waals surface area contributed by atoms with Gasteiger partial charge < -0.3 is 9.88 Å². The molecule has 1 atom stereocenters. The van der Waals surface area contributed by atoms with Crippen molar-refractivity contribution in [1.29, 1.82) is 0 Å². The van der Waals surface area contributed by atoms with Crippen LogP contribution in [0.15, 0.2) is 30.5 Å². The highest BCUT2D eigenvalue weighted by Gasteiger charge is 2.10. The van der Waals surface area contributed by atoms with Gasteiger partial charge in [0.05, 0.1) is 12.7 Å². The average molecular weight is 284 g/mol. The number of hydrogen-bond acceptors (Lipinski definition) is 2. The minimum absolute atomic E-state index is 0.161. The second kappa shape index (κ2) is 5.74. The minimum atomic E-state index is 0.161. The lowest BCUT2D eigenvalue weighted by molar-refractivity contribution is 0.549. The largest absolute Gasteiger partial charge is 0.321 e. The maximum absolute atomic E-state index is 6.15. The number of halogens is 2. The van der Waals surface area contributed by atoms with E-state index in [4.69, 9.17) is 23.2 Å². The number of rotatable bonds is 4. The van der Waals surface area contributed by atoms with E-state index in [1.807, 2.05) is 35.9 Å². The Bertz CT molecular complexity index is 537. The highest BCUT2D eigenvalue weighted by molar-refractivity contribution is 6.31. The van der Waals surface area contributed by atoms with Crippen LogP contribution in [0.3, 0.4) is 0 Å². The van der Waals surface area contributed by atoms with Gasteiger partial charge in [-0.05, 0) is 18.6 Å². The lowest BCUT2D eigenvalue weighted by atomic mass is 10.1. The van der Waals surface area contributed by atoms with E-state index in [0.29, 0.717) is 11.7 Å². The van der Waals surface area contributed by atoms with Gasteiger partial charge in [-0.3, -0.25) is 0 Å². The summed E-state index contributed by atoms with van der Waals surface area (Å²) in [6.07, 6.45) is 1.65. The Kier molecular flexibility index (Phi) is 4.27. The van der Waals surface area contributed by atoms with E-state index in [2.05, 4.69) is 17.2 Å². The molecule has 1 aromatic carbocycles. The van der Waals surface area contributed by atoms with Crippen LogP contribution in [-0.2, 0) is 13.6 Å². The lowest BCUT2D eigenvalue weighted by Crippen LogP contribution is -2.20. The SMILES string of the molecule is C[C@H](NCc1ncc(Cl)n1C)c1ccccc1Cl. The first-order valence-electron chi connectivity index (χ1n) is 5.73. The third kappa shape index (κ3) is 2.86. The van der Waals surface area contributed by atoms with Crippen LogP contribution in [0.25, 0.3) is 0 Å². The van der Waals surface area contributed by atoms with Crippen LogP contribution in [0.4, 0.5) is 0 Å². The summed E-state index contributed by atoms with van der Waals surface area (Å²) in [6, 6.07) is 7.99. The van der Waals surface area contributed by atoms with E-state index in [1.54, 1.807) is 6.20 Å². The molecule has 5 heteroatoms. The molecule has 1 N–H and O–H groups in total. The Balaban J connectivity index is 2.03. The van der Waals surface area contributed by atoms with Crippen LogP contribution >= 0.6 is 23.2 Å². The van der Waals surface area contributed by atoms with E-state index < -0.39 is 0 Å². The van der Waals surface area contributed by atoms with Crippen molar-refractivity contribution in [3.05, 3.63) is 52.0 Å². The van der Waals surface area contributed by atoms with Crippen LogP contribution < -0.4 is 5.32 Å². The maximum atomic E-state index is 6.15. The molecule has 18 heavy (non-hydrogen) atoms. The second-order valence-electron chi connectivity index (χ2n) is 4.18. The van der Waals surface area contributed by atoms with Gasteiger partial charge in [-0.1, -0.05) is 41.4 Å². The summed E-state index contributed by atoms with van der Waals surface area (Å²) in [5.41, 5.74) is 1.08. The number of imidazole rings is 1. The van der Waals surface area contributed by atoms with Gasteiger partial charge in [0.2, 0.25) is 0 Å². The van der Waals surface area contributed by atoms with E-state index in [-0.39, 0.29) is 6.04 Å². The summed E-state index contributed by atoms with van der Waals surface area (Å²) >= 11 is 12.1. The first-order chi connectivity index (χ1) is 8.59. The molecule has 1 aromatic heterocycles. The second-order valence-corrected chi connectivity index (χ2v) is 4.97. The van der Waals surface area contributed by atoms with Crippen molar-refractivity contribution in [2.75, 3.05) is 0 Å². The Labute approximate surface area is 117 Å². The molecular weight excluding hydrogens is 269 g/mol. The predicted molar refractivity (Wildman–Crippen MR) is 74.9 cm³/mol. The van der Waals surface area contributed by atoms with Crippen molar-refractivity contribution >= 4 is 23.2 Å². The molecule has 0 saturated carbocycles. The van der Waals surface area contributed by atoms with Crippen molar-refractivity contribution < 1.29 is 0 Å². The van der Waals surface area contributed by atoms with Gasteiger partial charge in [0.15, 0.2) is 0 Å². The van der Waals surface area contributed by atoms with Gasteiger partial charge in [0.1, 0.15) is 11.0 Å². The highest BCUT2D eigenvalue weighted by Crippen LogP contribution is 2.22. The number of nitrogens with zero attached hydrogens (tertiary/aromatic N) is 2. The number of nitrogens with one attached hydrogen (secondary N) is 1. The number of hydrogen-bond donors (Lipinski definition) is 1. The molecule has 1 heterocycles. The fourth-order valence-corrected chi connectivity index (χ4v) is 2.21. The van der Waals surface area contributed by atoms with E-state index >= 15 is 0 Å². The van der Waals surface area contributed by atoms with Crippen LogP contribution in [0, 0.1) is 0 Å². The summed E-state index contributed by atoms with van der Waals surface area (Å²) in [5, 5.41) is 4.79. The quantitative estimate of drug-likeness (QED) is 0.930. The van der Waals surface area contributed by atoms with Gasteiger partial charge in [0, 0.05) is 18.1 Å². The Morgan fingerprint density at radius 3 is 2.67 bits per heavy atom. The zero-order valence-electron chi connectivity index (χ0n) is 10.3. The summed E-state index contributed by atoms with van der Waals surface area (Å²) in [4.78, 5) is 4.24. The normalized spacial score (nSPS) is 12.7. The summed E-state index contributed by atoms with van der Waals surface area (Å²) in [6.45, 7) is 2.72. The Morgan fingerprint density at radius 2 is 2.06 bits per heavy atom. The molecule has 0 amide bonds. The molecule has 2 aromatic rings. The van der Waals surface area contributed by atoms with Crippen molar-refractivity contribution in [3.63, 3.8) is 0 Å². The van der Waals surface area contributed by atoms with Crippen LogP contribution in [0.5, 0.6) is 0 Å². The molecule has 0 unspecified atom stereocenters. The van der Waals surface area contributed by atoms with Gasteiger partial charge >= 0.3 is 0 Å². The molecule has 0 fully saturated rings. The molecular formula is C13H15Cl2N3. The fourth-order valence-electron chi connectivity index (χ4n) is 1.77. The first-order valence-corrected chi connectivity index (χ1v) is 6.49. The highest BCUT2D eigenvalue weighted by atomic mass is 35.5. The molecule has 0 aliphatic heterocycles. The Morgan fingerprint density at radius 1 is 1.33 bits per heavy atom. The van der Waals surface area contributed by atoms with Gasteiger partial charge in [-0.2, -0.15) is 0 Å². The molecule has 0 saturated heterocycles. The molecule has 0 bridgehead atoms. The third-order valence-electron chi connectivity index (χ3n) is 2.97. The van der Waals surface area contributed by atoms with Crippen molar-refractivity contribution in [3.8, 4) is 0 Å². The summed E-state index contributed by atoms with van der Waals surface area (Å²) in [7, 11) is 1.90. The van der Waals surface area contributed by atoms with E-state index in [9.17, 15) is 0 Å².